The molecule has 0 bridgehead atoms. The molecule has 2 heterocycles. The number of carbonyl (C=O) groups excluding carboxylic acids is 1. The number of carbonyl (C=O) groups is 1. The van der Waals surface area contributed by atoms with Crippen molar-refractivity contribution in [2.75, 3.05) is 14.1 Å². The van der Waals surface area contributed by atoms with Gasteiger partial charge in [0.05, 0.1) is 10.9 Å². The summed E-state index contributed by atoms with van der Waals surface area (Å²) in [5, 5.41) is 1.21. The average Bonchev–Trinajstić information content (AvgIpc) is 2.62. The van der Waals surface area contributed by atoms with Crippen LogP contribution in [0.2, 0.25) is 5.15 Å². The molecule has 0 spiro atoms. The summed E-state index contributed by atoms with van der Waals surface area (Å²) in [5.74, 6) is 1.17. The van der Waals surface area contributed by atoms with Crippen molar-refractivity contribution in [2.45, 2.75) is 38.7 Å². The summed E-state index contributed by atoms with van der Waals surface area (Å²) >= 11 is 6.09. The molecule has 2 aromatic heterocycles. The van der Waals surface area contributed by atoms with Crippen molar-refractivity contribution in [1.82, 2.24) is 14.9 Å². The van der Waals surface area contributed by atoms with Crippen molar-refractivity contribution < 1.29 is 9.53 Å². The summed E-state index contributed by atoms with van der Waals surface area (Å²) in [6.07, 6.45) is 4.86. The van der Waals surface area contributed by atoms with Crippen LogP contribution in [0.25, 0.3) is 10.9 Å². The van der Waals surface area contributed by atoms with Crippen molar-refractivity contribution in [3.05, 3.63) is 29.5 Å². The fraction of sp³-hybridized carbons (Fsp3) is 0.474. The second-order valence-corrected chi connectivity index (χ2v) is 7.19. The largest absolute Gasteiger partial charge is 0.474 e. The third-order valence-electron chi connectivity index (χ3n) is 4.75. The molecule has 7 heteroatoms. The maximum Gasteiger partial charge on any atom is 0.250 e. The van der Waals surface area contributed by atoms with Gasteiger partial charge in [-0.3, -0.25) is 9.78 Å². The lowest BCUT2D eigenvalue weighted by Gasteiger charge is -2.27. The fourth-order valence-electron chi connectivity index (χ4n) is 3.04. The minimum Gasteiger partial charge on any atom is -0.474 e. The molecule has 1 amide bonds. The van der Waals surface area contributed by atoms with Gasteiger partial charge in [-0.05, 0) is 44.7 Å². The highest BCUT2D eigenvalue weighted by Crippen LogP contribution is 2.31. The highest BCUT2D eigenvalue weighted by Gasteiger charge is 2.28. The van der Waals surface area contributed by atoms with Gasteiger partial charge in [0.1, 0.15) is 17.1 Å². The van der Waals surface area contributed by atoms with Gasteiger partial charge in [-0.2, -0.15) is 0 Å². The van der Waals surface area contributed by atoms with Crippen molar-refractivity contribution in [3.63, 3.8) is 0 Å². The maximum atomic E-state index is 12.3. The van der Waals surface area contributed by atoms with Gasteiger partial charge in [-0.1, -0.05) is 11.6 Å². The zero-order valence-corrected chi connectivity index (χ0v) is 16.0. The monoisotopic (exact) mass is 374 g/mol. The van der Waals surface area contributed by atoms with Crippen LogP contribution in [0.15, 0.2) is 29.4 Å². The van der Waals surface area contributed by atoms with Gasteiger partial charge >= 0.3 is 0 Å². The van der Waals surface area contributed by atoms with E-state index in [-0.39, 0.29) is 17.9 Å². The third kappa shape index (κ3) is 4.30. The van der Waals surface area contributed by atoms with E-state index in [4.69, 9.17) is 16.3 Å². The van der Waals surface area contributed by atoms with Gasteiger partial charge in [0, 0.05) is 32.3 Å². The lowest BCUT2D eigenvalue weighted by molar-refractivity contribution is -0.123. The fourth-order valence-corrected chi connectivity index (χ4v) is 3.22. The molecule has 2 aromatic rings. The van der Waals surface area contributed by atoms with Gasteiger partial charge in [-0.15, -0.1) is 0 Å². The molecule has 1 saturated carbocycles. The normalized spacial score (nSPS) is 20.8. The number of ether oxygens (including phenoxy) is 1. The van der Waals surface area contributed by atoms with E-state index < -0.39 is 0 Å². The van der Waals surface area contributed by atoms with Crippen LogP contribution >= 0.6 is 11.6 Å². The Morgan fingerprint density at radius 1 is 1.31 bits per heavy atom. The first-order valence-corrected chi connectivity index (χ1v) is 9.16. The molecule has 0 saturated heterocycles. The predicted molar refractivity (Wildman–Crippen MR) is 103 cm³/mol. The van der Waals surface area contributed by atoms with Gasteiger partial charge < -0.3 is 9.64 Å². The van der Waals surface area contributed by atoms with E-state index in [9.17, 15) is 4.79 Å². The van der Waals surface area contributed by atoms with Crippen LogP contribution in [0, 0.1) is 5.92 Å². The van der Waals surface area contributed by atoms with E-state index in [2.05, 4.69) is 15.0 Å². The van der Waals surface area contributed by atoms with Crippen LogP contribution in [0.1, 0.15) is 32.6 Å². The molecule has 0 N–H and O–H groups in total. The highest BCUT2D eigenvalue weighted by atomic mass is 35.5. The maximum absolute atomic E-state index is 12.3. The molecule has 0 aromatic carbocycles. The average molecular weight is 375 g/mol. The number of aliphatic imine (C=N–C) groups is 1. The number of halogens is 1. The SMILES string of the molecule is C/C(=N\C(=O)[C@H]1CC[C@@H](Oc2nc(Cl)cc3ncccc23)CC1)N(C)C. The topological polar surface area (TPSA) is 67.7 Å². The van der Waals surface area contributed by atoms with Crippen molar-refractivity contribution >= 4 is 34.2 Å². The molecule has 26 heavy (non-hydrogen) atoms. The van der Waals surface area contributed by atoms with Crippen molar-refractivity contribution in [3.8, 4) is 5.88 Å². The summed E-state index contributed by atoms with van der Waals surface area (Å²) in [4.78, 5) is 27.0. The Morgan fingerprint density at radius 2 is 2.04 bits per heavy atom. The van der Waals surface area contributed by atoms with Crippen LogP contribution in [-0.4, -0.2) is 46.8 Å². The second kappa shape index (κ2) is 7.99. The number of hydrogen-bond donors (Lipinski definition) is 0. The van der Waals surface area contributed by atoms with E-state index in [1.54, 1.807) is 12.3 Å². The number of fused-ring (bicyclic) bond motifs is 1. The van der Waals surface area contributed by atoms with Crippen LogP contribution in [-0.2, 0) is 4.79 Å². The lowest BCUT2D eigenvalue weighted by Crippen LogP contribution is -2.29. The molecule has 3 rings (SSSR count). The van der Waals surface area contributed by atoms with Gasteiger partial charge in [0.25, 0.3) is 0 Å². The number of aromatic nitrogens is 2. The Labute approximate surface area is 158 Å². The lowest BCUT2D eigenvalue weighted by atomic mass is 9.87. The smallest absolute Gasteiger partial charge is 0.250 e. The van der Waals surface area contributed by atoms with E-state index in [1.807, 2.05) is 38.1 Å². The van der Waals surface area contributed by atoms with E-state index >= 15 is 0 Å². The molecule has 0 unspecified atom stereocenters. The number of hydrogen-bond acceptors (Lipinski definition) is 4. The second-order valence-electron chi connectivity index (χ2n) is 6.80. The Bertz CT molecular complexity index is 829. The van der Waals surface area contributed by atoms with Crippen LogP contribution in [0.4, 0.5) is 0 Å². The summed E-state index contributed by atoms with van der Waals surface area (Å²) < 4.78 is 6.11. The first-order chi connectivity index (χ1) is 12.4. The van der Waals surface area contributed by atoms with Gasteiger partial charge in [0.15, 0.2) is 0 Å². The molecule has 1 aliphatic carbocycles. The zero-order valence-electron chi connectivity index (χ0n) is 15.3. The molecular weight excluding hydrogens is 352 g/mol. The van der Waals surface area contributed by atoms with E-state index in [0.29, 0.717) is 11.0 Å². The number of amides is 1. The summed E-state index contributed by atoms with van der Waals surface area (Å²) in [5.41, 5.74) is 0.764. The Morgan fingerprint density at radius 3 is 2.73 bits per heavy atom. The zero-order chi connectivity index (χ0) is 18.7. The predicted octanol–water partition coefficient (Wildman–Crippen LogP) is 3.73. The Balaban J connectivity index is 1.65. The Hall–Kier alpha value is -2.21. The number of amidine groups is 1. The summed E-state index contributed by atoms with van der Waals surface area (Å²) in [7, 11) is 3.77. The summed E-state index contributed by atoms with van der Waals surface area (Å²) in [6, 6.07) is 5.50. The first kappa shape index (κ1) is 18.6. The first-order valence-electron chi connectivity index (χ1n) is 8.78. The third-order valence-corrected chi connectivity index (χ3v) is 4.95. The summed E-state index contributed by atoms with van der Waals surface area (Å²) in [6.45, 7) is 1.84. The number of nitrogens with zero attached hydrogens (tertiary/aromatic N) is 4. The van der Waals surface area contributed by atoms with Crippen molar-refractivity contribution in [1.29, 1.82) is 0 Å². The minimum atomic E-state index is -0.0369. The molecule has 0 radical (unpaired) electrons. The van der Waals surface area contributed by atoms with Crippen LogP contribution < -0.4 is 4.74 Å². The standard InChI is InChI=1S/C19H23ClN4O2/c1-12(24(2)3)22-18(25)13-6-8-14(9-7-13)26-19-15-5-4-10-21-16(15)11-17(20)23-19/h4-5,10-11,13-14H,6-9H2,1-3H3/b22-12+/t13-,14+. The van der Waals surface area contributed by atoms with Gasteiger partial charge in [0.2, 0.25) is 11.8 Å². The molecule has 0 atom stereocenters. The van der Waals surface area contributed by atoms with E-state index in [1.165, 1.54) is 0 Å². The Kier molecular flexibility index (Phi) is 5.71. The molecule has 138 valence electrons. The van der Waals surface area contributed by atoms with E-state index in [0.717, 1.165) is 42.4 Å². The highest BCUT2D eigenvalue weighted by molar-refractivity contribution is 6.30. The minimum absolute atomic E-state index is 0.0207. The molecule has 1 aliphatic rings. The van der Waals surface area contributed by atoms with Crippen molar-refractivity contribution in [2.24, 2.45) is 10.9 Å². The molecule has 0 aliphatic heterocycles. The molecular formula is C19H23ClN4O2. The number of pyridine rings is 2. The van der Waals surface area contributed by atoms with Gasteiger partial charge in [-0.25, -0.2) is 9.98 Å². The number of rotatable bonds is 3. The molecule has 1 fully saturated rings. The quantitative estimate of drug-likeness (QED) is 0.465. The van der Waals surface area contributed by atoms with Crippen LogP contribution in [0.3, 0.4) is 0 Å². The van der Waals surface area contributed by atoms with Crippen LogP contribution in [0.5, 0.6) is 5.88 Å². The molecule has 6 nitrogen and oxygen atoms in total.